The molecule has 0 aliphatic rings. The molecule has 0 fully saturated rings. The molecule has 0 saturated heterocycles. The van der Waals surface area contributed by atoms with Gasteiger partial charge in [-0.3, -0.25) is 0 Å². The third-order valence-corrected chi connectivity index (χ3v) is 1.92. The number of rotatable bonds is 6. The summed E-state index contributed by atoms with van der Waals surface area (Å²) < 4.78 is 0. The minimum Gasteiger partial charge on any atom is -0.393 e. The lowest BCUT2D eigenvalue weighted by Crippen LogP contribution is -2.16. The van der Waals surface area contributed by atoms with Gasteiger partial charge in [0.1, 0.15) is 6.33 Å². The van der Waals surface area contributed by atoms with Gasteiger partial charge >= 0.3 is 0 Å². The first kappa shape index (κ1) is 11.1. The minimum atomic E-state index is -0.197. The molecule has 1 aromatic heterocycles. The molecule has 0 spiro atoms. The van der Waals surface area contributed by atoms with E-state index < -0.39 is 0 Å². The molecule has 1 atom stereocenters. The third kappa shape index (κ3) is 4.89. The Balaban J connectivity index is 2.05. The average Bonchev–Trinajstić information content (AvgIpc) is 2.18. The highest BCUT2D eigenvalue weighted by molar-refractivity contribution is 5.01. The Morgan fingerprint density at radius 2 is 2.14 bits per heavy atom. The van der Waals surface area contributed by atoms with Crippen LogP contribution in [0.1, 0.15) is 25.3 Å². The predicted octanol–water partition coefficient (Wildman–Crippen LogP) is 0.727. The Morgan fingerprint density at radius 3 is 2.79 bits per heavy atom. The summed E-state index contributed by atoms with van der Waals surface area (Å²) in [5.74, 6) is 0. The highest BCUT2D eigenvalue weighted by atomic mass is 16.3. The molecule has 0 aliphatic heterocycles. The van der Waals surface area contributed by atoms with E-state index in [4.69, 9.17) is 5.11 Å². The molecule has 1 aromatic rings. The summed E-state index contributed by atoms with van der Waals surface area (Å²) in [6.45, 7) is 3.52. The van der Waals surface area contributed by atoms with Crippen LogP contribution in [0.2, 0.25) is 0 Å². The molecule has 1 unspecified atom stereocenters. The van der Waals surface area contributed by atoms with Crippen LogP contribution in [0.25, 0.3) is 0 Å². The number of hydrogen-bond acceptors (Lipinski definition) is 4. The molecule has 0 aliphatic carbocycles. The number of aliphatic hydroxyl groups excluding tert-OH is 1. The van der Waals surface area contributed by atoms with Gasteiger partial charge in [-0.05, 0) is 26.3 Å². The Kier molecular flexibility index (Phi) is 5.11. The molecule has 78 valence electrons. The zero-order chi connectivity index (χ0) is 10.2. The predicted molar refractivity (Wildman–Crippen MR) is 54.7 cm³/mol. The van der Waals surface area contributed by atoms with Gasteiger partial charge in [-0.15, -0.1) is 0 Å². The van der Waals surface area contributed by atoms with Gasteiger partial charge in [-0.25, -0.2) is 9.97 Å². The SMILES string of the molecule is CC(O)CCCNCc1cncnc1. The van der Waals surface area contributed by atoms with Crippen LogP contribution in [-0.2, 0) is 6.54 Å². The second kappa shape index (κ2) is 6.45. The van der Waals surface area contributed by atoms with Crippen LogP contribution < -0.4 is 5.32 Å². The quantitative estimate of drug-likeness (QED) is 0.657. The van der Waals surface area contributed by atoms with Crippen LogP contribution in [-0.4, -0.2) is 27.7 Å². The van der Waals surface area contributed by atoms with Crippen molar-refractivity contribution in [3.8, 4) is 0 Å². The molecule has 4 heteroatoms. The molecule has 0 aromatic carbocycles. The van der Waals surface area contributed by atoms with Crippen LogP contribution >= 0.6 is 0 Å². The number of aliphatic hydroxyl groups is 1. The third-order valence-electron chi connectivity index (χ3n) is 1.92. The summed E-state index contributed by atoms with van der Waals surface area (Å²) in [7, 11) is 0. The Hall–Kier alpha value is -1.00. The first-order chi connectivity index (χ1) is 6.79. The summed E-state index contributed by atoms with van der Waals surface area (Å²) in [6, 6.07) is 0. The molecule has 2 N–H and O–H groups in total. The van der Waals surface area contributed by atoms with Gasteiger partial charge in [0.2, 0.25) is 0 Å². The van der Waals surface area contributed by atoms with E-state index in [0.717, 1.165) is 31.5 Å². The van der Waals surface area contributed by atoms with Crippen LogP contribution in [0.15, 0.2) is 18.7 Å². The molecular weight excluding hydrogens is 178 g/mol. The van der Waals surface area contributed by atoms with Crippen molar-refractivity contribution in [2.45, 2.75) is 32.4 Å². The maximum Gasteiger partial charge on any atom is 0.115 e. The fourth-order valence-electron chi connectivity index (χ4n) is 1.18. The molecule has 0 radical (unpaired) electrons. The maximum absolute atomic E-state index is 9.02. The van der Waals surface area contributed by atoms with Crippen LogP contribution in [0.3, 0.4) is 0 Å². The zero-order valence-corrected chi connectivity index (χ0v) is 8.48. The van der Waals surface area contributed by atoms with Crippen molar-refractivity contribution >= 4 is 0 Å². The van der Waals surface area contributed by atoms with Crippen molar-refractivity contribution in [3.63, 3.8) is 0 Å². The molecular formula is C10H17N3O. The lowest BCUT2D eigenvalue weighted by atomic mass is 10.2. The van der Waals surface area contributed by atoms with E-state index in [1.165, 1.54) is 6.33 Å². The Bertz CT molecular complexity index is 238. The van der Waals surface area contributed by atoms with Gasteiger partial charge in [0, 0.05) is 24.5 Å². The smallest absolute Gasteiger partial charge is 0.115 e. The van der Waals surface area contributed by atoms with Crippen molar-refractivity contribution in [3.05, 3.63) is 24.3 Å². The van der Waals surface area contributed by atoms with E-state index in [1.54, 1.807) is 12.4 Å². The van der Waals surface area contributed by atoms with Crippen molar-refractivity contribution in [2.75, 3.05) is 6.54 Å². The molecule has 0 amide bonds. The monoisotopic (exact) mass is 195 g/mol. The van der Waals surface area contributed by atoms with E-state index in [-0.39, 0.29) is 6.10 Å². The van der Waals surface area contributed by atoms with Crippen LogP contribution in [0, 0.1) is 0 Å². The largest absolute Gasteiger partial charge is 0.393 e. The van der Waals surface area contributed by atoms with Crippen molar-refractivity contribution < 1.29 is 5.11 Å². The van der Waals surface area contributed by atoms with E-state index in [9.17, 15) is 0 Å². The topological polar surface area (TPSA) is 58.0 Å². The van der Waals surface area contributed by atoms with Gasteiger partial charge < -0.3 is 10.4 Å². The highest BCUT2D eigenvalue weighted by Crippen LogP contribution is 1.95. The van der Waals surface area contributed by atoms with Crippen molar-refractivity contribution in [2.24, 2.45) is 0 Å². The van der Waals surface area contributed by atoms with E-state index in [0.29, 0.717) is 0 Å². The Morgan fingerprint density at radius 1 is 1.43 bits per heavy atom. The number of nitrogens with one attached hydrogen (secondary N) is 1. The van der Waals surface area contributed by atoms with E-state index in [2.05, 4.69) is 15.3 Å². The number of aromatic nitrogens is 2. The highest BCUT2D eigenvalue weighted by Gasteiger charge is 1.95. The fraction of sp³-hybridized carbons (Fsp3) is 0.600. The number of hydrogen-bond donors (Lipinski definition) is 2. The van der Waals surface area contributed by atoms with Crippen LogP contribution in [0.5, 0.6) is 0 Å². The lowest BCUT2D eigenvalue weighted by molar-refractivity contribution is 0.181. The van der Waals surface area contributed by atoms with E-state index >= 15 is 0 Å². The summed E-state index contributed by atoms with van der Waals surface area (Å²) in [5.41, 5.74) is 1.09. The molecule has 14 heavy (non-hydrogen) atoms. The number of nitrogens with zero attached hydrogens (tertiary/aromatic N) is 2. The summed E-state index contributed by atoms with van der Waals surface area (Å²) in [4.78, 5) is 7.84. The van der Waals surface area contributed by atoms with Gasteiger partial charge in [0.25, 0.3) is 0 Å². The fourth-order valence-corrected chi connectivity index (χ4v) is 1.18. The van der Waals surface area contributed by atoms with Crippen molar-refractivity contribution in [1.82, 2.24) is 15.3 Å². The Labute approximate surface area is 84.4 Å². The molecule has 0 bridgehead atoms. The second-order valence-electron chi connectivity index (χ2n) is 3.41. The molecule has 4 nitrogen and oxygen atoms in total. The summed E-state index contributed by atoms with van der Waals surface area (Å²) >= 11 is 0. The maximum atomic E-state index is 9.02. The molecule has 0 saturated carbocycles. The normalized spacial score (nSPS) is 12.7. The van der Waals surface area contributed by atoms with Crippen molar-refractivity contribution in [1.29, 1.82) is 0 Å². The first-order valence-corrected chi connectivity index (χ1v) is 4.91. The summed E-state index contributed by atoms with van der Waals surface area (Å²) in [5, 5.41) is 12.3. The minimum absolute atomic E-state index is 0.197. The molecule has 1 rings (SSSR count). The van der Waals surface area contributed by atoms with Crippen LogP contribution in [0.4, 0.5) is 0 Å². The lowest BCUT2D eigenvalue weighted by Gasteiger charge is -2.05. The zero-order valence-electron chi connectivity index (χ0n) is 8.48. The summed E-state index contributed by atoms with van der Waals surface area (Å²) in [6.07, 6.45) is 6.76. The first-order valence-electron chi connectivity index (χ1n) is 4.91. The van der Waals surface area contributed by atoms with Gasteiger partial charge in [0.15, 0.2) is 0 Å². The van der Waals surface area contributed by atoms with Gasteiger partial charge in [-0.2, -0.15) is 0 Å². The molecule has 1 heterocycles. The second-order valence-corrected chi connectivity index (χ2v) is 3.41. The van der Waals surface area contributed by atoms with Gasteiger partial charge in [0.05, 0.1) is 6.10 Å². The average molecular weight is 195 g/mol. The standard InChI is InChI=1S/C10H17N3O/c1-9(14)3-2-4-11-5-10-6-12-8-13-7-10/h6-9,11,14H,2-5H2,1H3. The van der Waals surface area contributed by atoms with E-state index in [1.807, 2.05) is 6.92 Å². The van der Waals surface area contributed by atoms with Gasteiger partial charge in [-0.1, -0.05) is 0 Å².